The summed E-state index contributed by atoms with van der Waals surface area (Å²) in [6, 6.07) is 9.22. The van der Waals surface area contributed by atoms with Gasteiger partial charge in [-0.2, -0.15) is 0 Å². The molecule has 1 aliphatic carbocycles. The summed E-state index contributed by atoms with van der Waals surface area (Å²) in [7, 11) is 0.591. The molecular formula is C22H20N4O2S2. The first kappa shape index (κ1) is 19.1. The minimum absolute atomic E-state index is 0.102. The Hall–Kier alpha value is -2.84. The molecule has 2 N–H and O–H groups in total. The lowest BCUT2D eigenvalue weighted by Gasteiger charge is -2.23. The molecule has 5 rings (SSSR count). The van der Waals surface area contributed by atoms with Crippen LogP contribution in [0.15, 0.2) is 57.9 Å². The van der Waals surface area contributed by atoms with Crippen molar-refractivity contribution in [3.63, 3.8) is 0 Å². The molecule has 0 aromatic carbocycles. The van der Waals surface area contributed by atoms with Crippen LogP contribution in [0, 0.1) is 0 Å². The van der Waals surface area contributed by atoms with Gasteiger partial charge in [0, 0.05) is 53.5 Å². The van der Waals surface area contributed by atoms with E-state index >= 15 is 0 Å². The van der Waals surface area contributed by atoms with Crippen molar-refractivity contribution in [1.82, 2.24) is 14.5 Å². The Labute approximate surface area is 179 Å². The highest BCUT2D eigenvalue weighted by Crippen LogP contribution is 2.44. The zero-order valence-corrected chi connectivity index (χ0v) is 18.0. The first-order valence-corrected chi connectivity index (χ1v) is 11.8. The smallest absolute Gasteiger partial charge is 0.250 e. The number of hydrogen-bond acceptors (Lipinski definition) is 6. The predicted octanol–water partition coefficient (Wildman–Crippen LogP) is 3.97. The van der Waals surface area contributed by atoms with Crippen LogP contribution in [0.1, 0.15) is 19.3 Å². The van der Waals surface area contributed by atoms with E-state index in [9.17, 15) is 9.00 Å². The Kier molecular flexibility index (Phi) is 4.75. The van der Waals surface area contributed by atoms with Gasteiger partial charge in [-0.05, 0) is 36.6 Å². The predicted molar refractivity (Wildman–Crippen MR) is 122 cm³/mol. The van der Waals surface area contributed by atoms with Gasteiger partial charge in [-0.1, -0.05) is 12.5 Å². The molecule has 1 unspecified atom stereocenters. The van der Waals surface area contributed by atoms with Gasteiger partial charge in [0.15, 0.2) is 0 Å². The quantitative estimate of drug-likeness (QED) is 0.523. The van der Waals surface area contributed by atoms with E-state index < -0.39 is 10.8 Å². The van der Waals surface area contributed by atoms with Crippen molar-refractivity contribution < 1.29 is 4.21 Å². The number of rotatable bonds is 4. The van der Waals surface area contributed by atoms with Gasteiger partial charge in [-0.15, -0.1) is 11.3 Å². The largest absolute Gasteiger partial charge is 0.396 e. The lowest BCUT2D eigenvalue weighted by atomic mass is 10.00. The lowest BCUT2D eigenvalue weighted by Crippen LogP contribution is -2.23. The third-order valence-electron chi connectivity index (χ3n) is 5.58. The van der Waals surface area contributed by atoms with Crippen molar-refractivity contribution in [3.8, 4) is 22.4 Å². The zero-order chi connectivity index (χ0) is 20.8. The third kappa shape index (κ3) is 3.16. The van der Waals surface area contributed by atoms with Crippen LogP contribution in [-0.2, 0) is 17.8 Å². The fourth-order valence-corrected chi connectivity index (χ4v) is 6.80. The minimum atomic E-state index is -1.12. The van der Waals surface area contributed by atoms with Gasteiger partial charge < -0.3 is 10.3 Å². The standard InChI is InChI=1S/C22H20N4O2S2/c1-26-9-7-13(10-18(26)27)17-11-16(14-4-3-8-24-12-14)19-20(23)22(29-21(19)25-17)30(28)15-5-2-6-15/h3-4,7-12,15H,2,5-6,23H2,1H3. The number of anilines is 1. The average Bonchev–Trinajstić information content (AvgIpc) is 3.05. The second-order valence-corrected chi connectivity index (χ2v) is 10.4. The number of fused-ring (bicyclic) bond motifs is 1. The van der Waals surface area contributed by atoms with E-state index in [4.69, 9.17) is 10.7 Å². The lowest BCUT2D eigenvalue weighted by molar-refractivity contribution is 0.505. The van der Waals surface area contributed by atoms with Crippen molar-refractivity contribution in [2.75, 3.05) is 5.73 Å². The Bertz CT molecular complexity index is 1340. The van der Waals surface area contributed by atoms with Crippen molar-refractivity contribution in [2.45, 2.75) is 28.7 Å². The van der Waals surface area contributed by atoms with Crippen molar-refractivity contribution in [3.05, 3.63) is 59.3 Å². The molecule has 1 saturated carbocycles. The molecular weight excluding hydrogens is 416 g/mol. The van der Waals surface area contributed by atoms with Gasteiger partial charge in [0.05, 0.1) is 22.2 Å². The topological polar surface area (TPSA) is 90.9 Å². The number of aryl methyl sites for hydroxylation is 1. The van der Waals surface area contributed by atoms with Crippen LogP contribution in [0.2, 0.25) is 0 Å². The molecule has 0 bridgehead atoms. The zero-order valence-electron chi connectivity index (χ0n) is 16.4. The number of aromatic nitrogens is 3. The molecule has 4 heterocycles. The Morgan fingerprint density at radius 1 is 1.23 bits per heavy atom. The number of nitrogens with zero attached hydrogens (tertiary/aromatic N) is 3. The molecule has 8 heteroatoms. The molecule has 0 saturated heterocycles. The molecule has 30 heavy (non-hydrogen) atoms. The first-order chi connectivity index (χ1) is 14.5. The van der Waals surface area contributed by atoms with Crippen molar-refractivity contribution >= 4 is 38.0 Å². The highest BCUT2D eigenvalue weighted by molar-refractivity contribution is 7.88. The molecule has 1 atom stereocenters. The maximum Gasteiger partial charge on any atom is 0.250 e. The summed E-state index contributed by atoms with van der Waals surface area (Å²) in [6.07, 6.45) is 8.30. The molecule has 4 aromatic rings. The van der Waals surface area contributed by atoms with Crippen LogP contribution in [0.4, 0.5) is 5.69 Å². The van der Waals surface area contributed by atoms with Gasteiger partial charge in [-0.3, -0.25) is 14.0 Å². The molecule has 0 amide bonds. The van der Waals surface area contributed by atoms with Crippen LogP contribution in [-0.4, -0.2) is 24.0 Å². The van der Waals surface area contributed by atoms with E-state index in [0.29, 0.717) is 15.6 Å². The first-order valence-electron chi connectivity index (χ1n) is 9.74. The summed E-state index contributed by atoms with van der Waals surface area (Å²) >= 11 is 1.39. The second-order valence-electron chi connectivity index (χ2n) is 7.49. The number of pyridine rings is 3. The summed E-state index contributed by atoms with van der Waals surface area (Å²) in [5.74, 6) is 0. The van der Waals surface area contributed by atoms with Gasteiger partial charge in [-0.25, -0.2) is 4.98 Å². The van der Waals surface area contributed by atoms with E-state index in [1.807, 2.05) is 24.3 Å². The van der Waals surface area contributed by atoms with Gasteiger partial charge >= 0.3 is 0 Å². The third-order valence-corrected chi connectivity index (χ3v) is 8.87. The van der Waals surface area contributed by atoms with Gasteiger partial charge in [0.25, 0.3) is 5.56 Å². The molecule has 0 spiro atoms. The maximum absolute atomic E-state index is 13.1. The summed E-state index contributed by atoms with van der Waals surface area (Å²) in [5.41, 5.74) is 10.2. The molecule has 1 fully saturated rings. The molecule has 0 aliphatic heterocycles. The summed E-state index contributed by atoms with van der Waals surface area (Å²) < 4.78 is 15.3. The van der Waals surface area contributed by atoms with Gasteiger partial charge in [0.1, 0.15) is 9.04 Å². The van der Waals surface area contributed by atoms with Crippen LogP contribution in [0.25, 0.3) is 32.6 Å². The molecule has 4 aromatic heterocycles. The number of nitrogens with two attached hydrogens (primary N) is 1. The Morgan fingerprint density at radius 2 is 2.07 bits per heavy atom. The molecule has 6 nitrogen and oxygen atoms in total. The van der Waals surface area contributed by atoms with Crippen molar-refractivity contribution in [1.29, 1.82) is 0 Å². The fraction of sp³-hybridized carbons (Fsp3) is 0.227. The van der Waals surface area contributed by atoms with Crippen molar-refractivity contribution in [2.24, 2.45) is 7.05 Å². The Balaban J connectivity index is 1.76. The van der Waals surface area contributed by atoms with E-state index in [-0.39, 0.29) is 10.8 Å². The van der Waals surface area contributed by atoms with Gasteiger partial charge in [0.2, 0.25) is 0 Å². The summed E-state index contributed by atoms with van der Waals surface area (Å²) in [4.78, 5) is 21.9. The average molecular weight is 437 g/mol. The normalized spacial score (nSPS) is 15.2. The van der Waals surface area contributed by atoms with Crippen LogP contribution < -0.4 is 11.3 Å². The van der Waals surface area contributed by atoms with Crippen LogP contribution in [0.3, 0.4) is 0 Å². The molecule has 0 radical (unpaired) electrons. The fourth-order valence-electron chi connectivity index (χ4n) is 3.59. The highest BCUT2D eigenvalue weighted by Gasteiger charge is 2.29. The maximum atomic E-state index is 13.1. The summed E-state index contributed by atoms with van der Waals surface area (Å²) in [5, 5.41) is 0.988. The van der Waals surface area contributed by atoms with E-state index in [2.05, 4.69) is 4.98 Å². The number of nitrogen functional groups attached to an aromatic ring is 1. The molecule has 1 aliphatic rings. The monoisotopic (exact) mass is 436 g/mol. The van der Waals surface area contributed by atoms with E-state index in [0.717, 1.165) is 46.2 Å². The van der Waals surface area contributed by atoms with Crippen LogP contribution >= 0.6 is 11.3 Å². The number of hydrogen-bond donors (Lipinski definition) is 1. The van der Waals surface area contributed by atoms with E-state index in [1.165, 1.54) is 15.9 Å². The van der Waals surface area contributed by atoms with Crippen LogP contribution in [0.5, 0.6) is 0 Å². The SMILES string of the molecule is Cn1ccc(-c2cc(-c3cccnc3)c3c(N)c(S(=O)C4CCC4)sc3n2)cc1=O. The highest BCUT2D eigenvalue weighted by atomic mass is 32.2. The van der Waals surface area contributed by atoms with E-state index in [1.54, 1.807) is 31.7 Å². The summed E-state index contributed by atoms with van der Waals surface area (Å²) in [6.45, 7) is 0. The minimum Gasteiger partial charge on any atom is -0.396 e. The molecule has 152 valence electrons. The number of thiophene rings is 1. The Morgan fingerprint density at radius 3 is 2.73 bits per heavy atom. The second kappa shape index (κ2) is 7.45.